The van der Waals surface area contributed by atoms with Crippen molar-refractivity contribution >= 4 is 16.9 Å². The molecule has 3 heterocycles. The van der Waals surface area contributed by atoms with Crippen molar-refractivity contribution in [3.8, 4) is 5.75 Å². The lowest BCUT2D eigenvalue weighted by atomic mass is 9.90. The van der Waals surface area contributed by atoms with Crippen molar-refractivity contribution in [3.05, 3.63) is 59.5 Å². The Morgan fingerprint density at radius 3 is 2.62 bits per heavy atom. The topological polar surface area (TPSA) is 76.7 Å². The zero-order valence-electron chi connectivity index (χ0n) is 22.8. The van der Waals surface area contributed by atoms with E-state index in [1.807, 2.05) is 42.2 Å². The van der Waals surface area contributed by atoms with E-state index >= 15 is 0 Å². The summed E-state index contributed by atoms with van der Waals surface area (Å²) in [5, 5.41) is 1.14. The molecule has 3 aromatic rings. The maximum absolute atomic E-state index is 13.6. The first-order valence-corrected chi connectivity index (χ1v) is 13.9. The van der Waals surface area contributed by atoms with Gasteiger partial charge in [-0.15, -0.1) is 0 Å². The van der Waals surface area contributed by atoms with Crippen LogP contribution in [0.2, 0.25) is 0 Å². The Labute approximate surface area is 228 Å². The lowest BCUT2D eigenvalue weighted by molar-refractivity contribution is -0.148. The number of nitrogens with zero attached hydrogens (tertiary/aromatic N) is 2. The van der Waals surface area contributed by atoms with Crippen LogP contribution in [-0.4, -0.2) is 66.3 Å². The number of esters is 1. The quantitative estimate of drug-likeness (QED) is 0.185. The van der Waals surface area contributed by atoms with Crippen molar-refractivity contribution in [2.45, 2.75) is 70.9 Å². The molecule has 0 saturated carbocycles. The van der Waals surface area contributed by atoms with Gasteiger partial charge in [0.2, 0.25) is 0 Å². The average Bonchev–Trinajstić information content (AvgIpc) is 3.28. The molecule has 9 heteroatoms. The predicted octanol–water partition coefficient (Wildman–Crippen LogP) is 6.07. The van der Waals surface area contributed by atoms with Crippen LogP contribution in [0, 0.1) is 0 Å². The van der Waals surface area contributed by atoms with Gasteiger partial charge in [-0.3, -0.25) is 9.88 Å². The van der Waals surface area contributed by atoms with E-state index in [-0.39, 0.29) is 31.2 Å². The van der Waals surface area contributed by atoms with E-state index in [2.05, 4.69) is 16.0 Å². The zero-order valence-corrected chi connectivity index (χ0v) is 22.8. The fourth-order valence-corrected chi connectivity index (χ4v) is 5.29. The summed E-state index contributed by atoms with van der Waals surface area (Å²) in [6.45, 7) is 5.01. The molecule has 1 aliphatic heterocycles. The van der Waals surface area contributed by atoms with E-state index in [4.69, 9.17) is 14.2 Å². The van der Waals surface area contributed by atoms with E-state index in [0.717, 1.165) is 54.4 Å². The molecule has 0 radical (unpaired) electrons. The summed E-state index contributed by atoms with van der Waals surface area (Å²) >= 11 is 0. The number of halogens is 2. The van der Waals surface area contributed by atoms with E-state index in [1.165, 1.54) is 5.56 Å². The summed E-state index contributed by atoms with van der Waals surface area (Å²) in [7, 11) is 0. The van der Waals surface area contributed by atoms with E-state index in [1.54, 1.807) is 13.1 Å². The normalized spacial score (nSPS) is 17.5. The number of fused-ring (bicyclic) bond motifs is 3. The number of alkyl halides is 2. The number of nitrogens with one attached hydrogen (secondary N) is 1. The van der Waals surface area contributed by atoms with Crippen molar-refractivity contribution < 1.29 is 27.8 Å². The molecular weight excluding hydrogens is 504 g/mol. The number of hydrogen-bond acceptors (Lipinski definition) is 6. The van der Waals surface area contributed by atoms with Gasteiger partial charge in [0.15, 0.2) is 0 Å². The fourth-order valence-electron chi connectivity index (χ4n) is 5.29. The maximum atomic E-state index is 13.6. The number of unbranched alkanes of at least 4 members (excludes halogenated alkanes) is 4. The lowest BCUT2D eigenvalue weighted by Gasteiger charge is -2.40. The second-order valence-corrected chi connectivity index (χ2v) is 10.00. The van der Waals surface area contributed by atoms with Gasteiger partial charge in [0.25, 0.3) is 6.43 Å². The number of pyridine rings is 1. The Bertz CT molecular complexity index is 1180. The molecule has 0 bridgehead atoms. The number of H-pyrrole nitrogens is 1. The molecule has 1 aliphatic rings. The van der Waals surface area contributed by atoms with Crippen LogP contribution < -0.4 is 4.74 Å². The van der Waals surface area contributed by atoms with Gasteiger partial charge in [-0.2, -0.15) is 0 Å². The predicted molar refractivity (Wildman–Crippen MR) is 146 cm³/mol. The van der Waals surface area contributed by atoms with Crippen LogP contribution in [0.4, 0.5) is 8.78 Å². The number of carbonyl (C=O) groups excluding carboxylic acids is 1. The number of hydrogen-bond donors (Lipinski definition) is 1. The van der Waals surface area contributed by atoms with Gasteiger partial charge < -0.3 is 19.2 Å². The molecule has 39 heavy (non-hydrogen) atoms. The Morgan fingerprint density at radius 2 is 1.87 bits per heavy atom. The first-order valence-electron chi connectivity index (χ1n) is 13.9. The standard InChI is InChI=1S/C30H39F2N3O4/c1-3-38-28(36)20-37-15-9-5-4-6-10-16-39-22-13-14-26(33-18-22)30-29-24(17-21(2)35(30)19-27(31)32)23-11-7-8-12-25(23)34-29/h7-8,11-14,18,21,27,30,34H,3-6,9-10,15-17,19-20H2,1-2H3/t21-,30-/m1/s1. The molecule has 0 amide bonds. The van der Waals surface area contributed by atoms with Gasteiger partial charge in [-0.1, -0.05) is 37.5 Å². The largest absolute Gasteiger partial charge is 0.492 e. The molecule has 0 aliphatic carbocycles. The smallest absolute Gasteiger partial charge is 0.332 e. The Hall–Kier alpha value is -3.04. The minimum absolute atomic E-state index is 0.0153. The molecule has 0 spiro atoms. The second-order valence-electron chi connectivity index (χ2n) is 10.00. The fraction of sp³-hybridized carbons (Fsp3) is 0.533. The molecule has 7 nitrogen and oxygen atoms in total. The van der Waals surface area contributed by atoms with Crippen LogP contribution in [0.15, 0.2) is 42.6 Å². The Morgan fingerprint density at radius 1 is 1.10 bits per heavy atom. The van der Waals surface area contributed by atoms with E-state index < -0.39 is 6.43 Å². The SMILES string of the molecule is CCOC(=O)COCCCCCCCOc1ccc([C@@H]2c3[nH]c4ccccc4c3C[C@@H](C)N2CC(F)F)nc1. The second kappa shape index (κ2) is 14.4. The summed E-state index contributed by atoms with van der Waals surface area (Å²) in [6, 6.07) is 11.5. The molecule has 0 fully saturated rings. The van der Waals surface area contributed by atoms with E-state index in [0.29, 0.717) is 32.0 Å². The molecule has 1 N–H and O–H groups in total. The van der Waals surface area contributed by atoms with Gasteiger partial charge in [0.05, 0.1) is 37.7 Å². The van der Waals surface area contributed by atoms with Crippen LogP contribution in [0.3, 0.4) is 0 Å². The summed E-state index contributed by atoms with van der Waals surface area (Å²) in [6.07, 6.45) is 4.94. The molecule has 2 aromatic heterocycles. The first-order chi connectivity index (χ1) is 19.0. The third-order valence-electron chi connectivity index (χ3n) is 7.13. The van der Waals surface area contributed by atoms with Crippen molar-refractivity contribution in [3.63, 3.8) is 0 Å². The maximum Gasteiger partial charge on any atom is 0.332 e. The summed E-state index contributed by atoms with van der Waals surface area (Å²) < 4.78 is 43.2. The van der Waals surface area contributed by atoms with Gasteiger partial charge in [0, 0.05) is 29.2 Å². The molecule has 1 aromatic carbocycles. The summed E-state index contributed by atoms with van der Waals surface area (Å²) in [5.74, 6) is 0.353. The first kappa shape index (κ1) is 29.0. The van der Waals surface area contributed by atoms with Gasteiger partial charge >= 0.3 is 5.97 Å². The monoisotopic (exact) mass is 543 g/mol. The average molecular weight is 544 g/mol. The van der Waals surface area contributed by atoms with Gasteiger partial charge in [0.1, 0.15) is 12.4 Å². The third kappa shape index (κ3) is 7.76. The number of aromatic nitrogens is 2. The molecular formula is C30H39F2N3O4. The minimum Gasteiger partial charge on any atom is -0.492 e. The molecule has 212 valence electrons. The summed E-state index contributed by atoms with van der Waals surface area (Å²) in [5.41, 5.74) is 3.87. The van der Waals surface area contributed by atoms with Crippen LogP contribution in [0.1, 0.15) is 68.9 Å². The Balaban J connectivity index is 1.28. The number of carbonyl (C=O) groups is 1. The highest BCUT2D eigenvalue weighted by Crippen LogP contribution is 2.40. The van der Waals surface area contributed by atoms with Crippen molar-refractivity contribution in [1.82, 2.24) is 14.9 Å². The van der Waals surface area contributed by atoms with Gasteiger partial charge in [-0.05, 0) is 56.9 Å². The van der Waals surface area contributed by atoms with Crippen molar-refractivity contribution in [1.29, 1.82) is 0 Å². The molecule has 0 unspecified atom stereocenters. The van der Waals surface area contributed by atoms with Gasteiger partial charge in [-0.25, -0.2) is 13.6 Å². The highest BCUT2D eigenvalue weighted by atomic mass is 19.3. The summed E-state index contributed by atoms with van der Waals surface area (Å²) in [4.78, 5) is 21.2. The number of aromatic amines is 1. The van der Waals surface area contributed by atoms with Crippen LogP contribution in [0.25, 0.3) is 10.9 Å². The highest BCUT2D eigenvalue weighted by Gasteiger charge is 2.37. The molecule has 4 rings (SSSR count). The van der Waals surface area contributed by atoms with Crippen LogP contribution in [-0.2, 0) is 20.7 Å². The third-order valence-corrected chi connectivity index (χ3v) is 7.13. The minimum atomic E-state index is -2.43. The molecule has 0 saturated heterocycles. The van der Waals surface area contributed by atoms with E-state index in [9.17, 15) is 13.6 Å². The van der Waals surface area contributed by atoms with Crippen molar-refractivity contribution in [2.75, 3.05) is 33.0 Å². The zero-order chi connectivity index (χ0) is 27.6. The number of ether oxygens (including phenoxy) is 3. The highest BCUT2D eigenvalue weighted by molar-refractivity contribution is 5.85. The van der Waals surface area contributed by atoms with Crippen LogP contribution >= 0.6 is 0 Å². The number of para-hydroxylation sites is 1. The number of benzene rings is 1. The van der Waals surface area contributed by atoms with Crippen molar-refractivity contribution in [2.24, 2.45) is 0 Å². The lowest BCUT2D eigenvalue weighted by Crippen LogP contribution is -2.45. The molecule has 2 atom stereocenters. The number of rotatable bonds is 15. The van der Waals surface area contributed by atoms with Crippen LogP contribution in [0.5, 0.6) is 5.75 Å². The Kier molecular flexibility index (Phi) is 10.7.